The second-order valence-corrected chi connectivity index (χ2v) is 7.18. The van der Waals surface area contributed by atoms with Gasteiger partial charge in [-0.3, -0.25) is 9.59 Å². The van der Waals surface area contributed by atoms with Crippen molar-refractivity contribution in [2.45, 2.75) is 32.9 Å². The van der Waals surface area contributed by atoms with Crippen LogP contribution in [0.4, 0.5) is 0 Å². The first-order valence-electron chi connectivity index (χ1n) is 9.00. The zero-order valence-corrected chi connectivity index (χ0v) is 17.7. The van der Waals surface area contributed by atoms with Crippen LogP contribution in [0, 0.1) is 6.92 Å². The Kier molecular flexibility index (Phi) is 8.15. The third-order valence-corrected chi connectivity index (χ3v) is 5.15. The van der Waals surface area contributed by atoms with E-state index in [1.54, 1.807) is 25.2 Å². The number of aryl methyl sites for hydroxylation is 1. The molecule has 0 saturated carbocycles. The van der Waals surface area contributed by atoms with Crippen molar-refractivity contribution in [1.82, 2.24) is 10.2 Å². The van der Waals surface area contributed by atoms with Gasteiger partial charge in [-0.05, 0) is 42.7 Å². The minimum absolute atomic E-state index is 0.167. The summed E-state index contributed by atoms with van der Waals surface area (Å²) in [7, 11) is 1.55. The van der Waals surface area contributed by atoms with Crippen molar-refractivity contribution in [1.29, 1.82) is 0 Å². The molecule has 0 saturated heterocycles. The summed E-state index contributed by atoms with van der Waals surface area (Å²) >= 11 is 12.1. The number of benzene rings is 2. The summed E-state index contributed by atoms with van der Waals surface area (Å²) in [6.07, 6.45) is 0.469. The van der Waals surface area contributed by atoms with Crippen molar-refractivity contribution in [2.24, 2.45) is 0 Å². The molecule has 0 aliphatic rings. The topological polar surface area (TPSA) is 58.6 Å². The van der Waals surface area contributed by atoms with Crippen LogP contribution in [0.25, 0.3) is 0 Å². The Morgan fingerprint density at radius 3 is 2.46 bits per heavy atom. The highest BCUT2D eigenvalue weighted by Crippen LogP contribution is 2.24. The van der Waals surface area contributed by atoms with E-state index in [0.717, 1.165) is 11.1 Å². The highest BCUT2D eigenvalue weighted by Gasteiger charge is 2.28. The fourth-order valence-corrected chi connectivity index (χ4v) is 3.18. The summed E-state index contributed by atoms with van der Waals surface area (Å²) < 4.78 is 5.70. The zero-order valence-electron chi connectivity index (χ0n) is 16.2. The van der Waals surface area contributed by atoms with Gasteiger partial charge < -0.3 is 15.0 Å². The standard InChI is InChI=1S/C21H24Cl2N2O3/c1-4-18(21(27)24-3)25(12-15-9-10-16(22)17(23)11-15)20(26)13-28-19-8-6-5-7-14(19)2/h5-11,18H,4,12-13H2,1-3H3,(H,24,27)/t18-/m0/s1. The lowest BCUT2D eigenvalue weighted by atomic mass is 10.1. The normalized spacial score (nSPS) is 11.6. The van der Waals surface area contributed by atoms with Crippen LogP contribution in [0.5, 0.6) is 5.75 Å². The molecule has 0 spiro atoms. The second kappa shape index (κ2) is 10.3. The van der Waals surface area contributed by atoms with E-state index in [4.69, 9.17) is 27.9 Å². The third kappa shape index (κ3) is 5.63. The molecule has 0 radical (unpaired) electrons. The number of nitrogens with one attached hydrogen (secondary N) is 1. The predicted octanol–water partition coefficient (Wildman–Crippen LogP) is 4.23. The van der Waals surface area contributed by atoms with Gasteiger partial charge in [0.25, 0.3) is 5.91 Å². The molecule has 28 heavy (non-hydrogen) atoms. The molecule has 0 aromatic heterocycles. The molecule has 0 heterocycles. The Bertz CT molecular complexity index is 842. The van der Waals surface area contributed by atoms with Crippen molar-refractivity contribution in [3.8, 4) is 5.75 Å². The maximum Gasteiger partial charge on any atom is 0.261 e. The number of likely N-dealkylation sites (N-methyl/N-ethyl adjacent to an activating group) is 1. The highest BCUT2D eigenvalue weighted by molar-refractivity contribution is 6.42. The van der Waals surface area contributed by atoms with Crippen molar-refractivity contribution < 1.29 is 14.3 Å². The molecule has 2 amide bonds. The number of hydrogen-bond donors (Lipinski definition) is 1. The van der Waals surface area contributed by atoms with Crippen LogP contribution in [0.15, 0.2) is 42.5 Å². The van der Waals surface area contributed by atoms with Gasteiger partial charge in [-0.15, -0.1) is 0 Å². The number of hydrogen-bond acceptors (Lipinski definition) is 3. The average Bonchev–Trinajstić information content (AvgIpc) is 2.69. The van der Waals surface area contributed by atoms with Gasteiger partial charge in [-0.2, -0.15) is 0 Å². The summed E-state index contributed by atoms with van der Waals surface area (Å²) in [5.41, 5.74) is 1.71. The zero-order chi connectivity index (χ0) is 20.7. The average molecular weight is 423 g/mol. The van der Waals surface area contributed by atoms with Crippen LogP contribution in [-0.2, 0) is 16.1 Å². The number of amides is 2. The molecule has 0 unspecified atom stereocenters. The Labute approximate surface area is 175 Å². The molecular weight excluding hydrogens is 399 g/mol. The first-order chi connectivity index (χ1) is 13.4. The third-order valence-electron chi connectivity index (χ3n) is 4.41. The molecule has 0 aliphatic carbocycles. The van der Waals surface area contributed by atoms with E-state index in [-0.39, 0.29) is 25.0 Å². The van der Waals surface area contributed by atoms with E-state index in [2.05, 4.69) is 5.32 Å². The van der Waals surface area contributed by atoms with Gasteiger partial charge in [0.1, 0.15) is 11.8 Å². The minimum atomic E-state index is -0.618. The maximum absolute atomic E-state index is 13.0. The predicted molar refractivity (Wildman–Crippen MR) is 112 cm³/mol. The molecule has 0 bridgehead atoms. The number of halogens is 2. The van der Waals surface area contributed by atoms with E-state index >= 15 is 0 Å². The van der Waals surface area contributed by atoms with Crippen LogP contribution < -0.4 is 10.1 Å². The van der Waals surface area contributed by atoms with Gasteiger partial charge in [0.2, 0.25) is 5.91 Å². The molecule has 7 heteroatoms. The number of para-hydroxylation sites is 1. The lowest BCUT2D eigenvalue weighted by Gasteiger charge is -2.30. The molecule has 0 fully saturated rings. The van der Waals surface area contributed by atoms with E-state index in [1.165, 1.54) is 4.90 Å². The molecule has 1 N–H and O–H groups in total. The Morgan fingerprint density at radius 2 is 1.86 bits per heavy atom. The fourth-order valence-electron chi connectivity index (χ4n) is 2.86. The van der Waals surface area contributed by atoms with E-state index < -0.39 is 6.04 Å². The van der Waals surface area contributed by atoms with Gasteiger partial charge in [-0.25, -0.2) is 0 Å². The van der Waals surface area contributed by atoms with Gasteiger partial charge in [-0.1, -0.05) is 54.4 Å². The Morgan fingerprint density at radius 1 is 1.14 bits per heavy atom. The van der Waals surface area contributed by atoms with Gasteiger partial charge in [0.05, 0.1) is 10.0 Å². The first-order valence-corrected chi connectivity index (χ1v) is 9.76. The number of carbonyl (C=O) groups is 2. The van der Waals surface area contributed by atoms with Crippen molar-refractivity contribution >= 4 is 35.0 Å². The number of nitrogens with zero attached hydrogens (tertiary/aromatic N) is 1. The minimum Gasteiger partial charge on any atom is -0.484 e. The molecule has 2 rings (SSSR count). The van der Waals surface area contributed by atoms with E-state index in [0.29, 0.717) is 22.2 Å². The monoisotopic (exact) mass is 422 g/mol. The SMILES string of the molecule is CC[C@@H](C(=O)NC)N(Cc1ccc(Cl)c(Cl)c1)C(=O)COc1ccccc1C. The Hall–Kier alpha value is -2.24. The number of ether oxygens (including phenoxy) is 1. The Balaban J connectivity index is 2.23. The van der Waals surface area contributed by atoms with Crippen LogP contribution in [0.2, 0.25) is 10.0 Å². The molecule has 2 aromatic carbocycles. The summed E-state index contributed by atoms with van der Waals surface area (Å²) in [5.74, 6) is 0.120. The lowest BCUT2D eigenvalue weighted by molar-refractivity contribution is -0.142. The van der Waals surface area contributed by atoms with Crippen molar-refractivity contribution in [3.05, 3.63) is 63.6 Å². The summed E-state index contributed by atoms with van der Waals surface area (Å²) in [6, 6.07) is 12.0. The molecule has 5 nitrogen and oxygen atoms in total. The smallest absolute Gasteiger partial charge is 0.261 e. The fraction of sp³-hybridized carbons (Fsp3) is 0.333. The van der Waals surface area contributed by atoms with Gasteiger partial charge in [0, 0.05) is 13.6 Å². The molecule has 0 aliphatic heterocycles. The largest absolute Gasteiger partial charge is 0.484 e. The number of carbonyl (C=O) groups excluding carboxylic acids is 2. The lowest BCUT2D eigenvalue weighted by Crippen LogP contribution is -2.49. The molecule has 1 atom stereocenters. The number of rotatable bonds is 8. The van der Waals surface area contributed by atoms with Gasteiger partial charge >= 0.3 is 0 Å². The molecule has 150 valence electrons. The summed E-state index contributed by atoms with van der Waals surface area (Å²) in [4.78, 5) is 26.8. The van der Waals surface area contributed by atoms with E-state index in [9.17, 15) is 9.59 Å². The summed E-state index contributed by atoms with van der Waals surface area (Å²) in [6.45, 7) is 3.82. The molecular formula is C21H24Cl2N2O3. The van der Waals surface area contributed by atoms with E-state index in [1.807, 2.05) is 38.1 Å². The quantitative estimate of drug-likeness (QED) is 0.691. The van der Waals surface area contributed by atoms with Crippen LogP contribution in [0.1, 0.15) is 24.5 Å². The summed E-state index contributed by atoms with van der Waals surface area (Å²) in [5, 5.41) is 3.45. The first kappa shape index (κ1) is 22.1. The van der Waals surface area contributed by atoms with Gasteiger partial charge in [0.15, 0.2) is 6.61 Å². The molecule has 2 aromatic rings. The maximum atomic E-state index is 13.0. The van der Waals surface area contributed by atoms with Crippen LogP contribution >= 0.6 is 23.2 Å². The van der Waals surface area contributed by atoms with Crippen molar-refractivity contribution in [3.63, 3.8) is 0 Å². The van der Waals surface area contributed by atoms with Crippen molar-refractivity contribution in [2.75, 3.05) is 13.7 Å². The van der Waals surface area contributed by atoms with Crippen LogP contribution in [-0.4, -0.2) is 36.4 Å². The van der Waals surface area contributed by atoms with Crippen LogP contribution in [0.3, 0.4) is 0 Å². The second-order valence-electron chi connectivity index (χ2n) is 6.36. The highest BCUT2D eigenvalue weighted by atomic mass is 35.5.